The van der Waals surface area contributed by atoms with E-state index in [0.717, 1.165) is 52.9 Å². The van der Waals surface area contributed by atoms with Gasteiger partial charge >= 0.3 is 0 Å². The normalized spacial score (nSPS) is 15.6. The minimum absolute atomic E-state index is 0.0428. The molecule has 0 aliphatic heterocycles. The van der Waals surface area contributed by atoms with Crippen LogP contribution >= 0.6 is 0 Å². The minimum Gasteiger partial charge on any atom is -0.468 e. The van der Waals surface area contributed by atoms with Gasteiger partial charge in [0.1, 0.15) is 5.76 Å². The summed E-state index contributed by atoms with van der Waals surface area (Å²) in [6.07, 6.45) is 7.14. The van der Waals surface area contributed by atoms with E-state index in [1.165, 1.54) is 12.8 Å². The average molecular weight is 447 g/mol. The molecular weight excluding hydrogens is 416 g/mol. The Balaban J connectivity index is 1.51. The van der Waals surface area contributed by atoms with Crippen molar-refractivity contribution in [1.29, 1.82) is 0 Å². The lowest BCUT2D eigenvalue weighted by molar-refractivity contribution is 0.146. The predicted molar refractivity (Wildman–Crippen MR) is 126 cm³/mol. The maximum absolute atomic E-state index is 13.0. The maximum atomic E-state index is 13.0. The molecule has 1 aromatic carbocycles. The average Bonchev–Trinajstić information content (AvgIpc) is 3.57. The van der Waals surface area contributed by atoms with Gasteiger partial charge in [-0.25, -0.2) is 4.68 Å². The highest BCUT2D eigenvalue weighted by molar-refractivity contribution is 5.79. The summed E-state index contributed by atoms with van der Waals surface area (Å²) in [5, 5.41) is 13.9. The van der Waals surface area contributed by atoms with Crippen LogP contribution in [0.1, 0.15) is 73.8 Å². The van der Waals surface area contributed by atoms with Crippen LogP contribution in [0.25, 0.3) is 10.9 Å². The summed E-state index contributed by atoms with van der Waals surface area (Å²) in [4.78, 5) is 18.3. The monoisotopic (exact) mass is 446 g/mol. The number of rotatable bonds is 8. The Morgan fingerprint density at radius 1 is 1.21 bits per heavy atom. The van der Waals surface area contributed by atoms with Gasteiger partial charge in [-0.15, -0.1) is 5.10 Å². The SMILES string of the molecule is CC[C@H](c1nnnn1C1CCCC1)N(Cc1ccco1)Cc1cc2ccc(C)cc2[nH]c1=O. The van der Waals surface area contributed by atoms with Crippen LogP contribution in [-0.2, 0) is 13.1 Å². The number of hydrogen-bond acceptors (Lipinski definition) is 6. The molecule has 33 heavy (non-hydrogen) atoms. The van der Waals surface area contributed by atoms with E-state index in [0.29, 0.717) is 19.1 Å². The molecule has 4 aromatic rings. The first-order valence-electron chi connectivity index (χ1n) is 11.8. The van der Waals surface area contributed by atoms with Gasteiger partial charge in [-0.3, -0.25) is 9.69 Å². The highest BCUT2D eigenvalue weighted by atomic mass is 16.3. The lowest BCUT2D eigenvalue weighted by Crippen LogP contribution is -2.32. The molecule has 3 heterocycles. The zero-order valence-corrected chi connectivity index (χ0v) is 19.2. The second-order valence-corrected chi connectivity index (χ2v) is 9.04. The highest BCUT2D eigenvalue weighted by Crippen LogP contribution is 2.33. The van der Waals surface area contributed by atoms with Crippen molar-refractivity contribution >= 4 is 10.9 Å². The number of furan rings is 1. The van der Waals surface area contributed by atoms with E-state index in [1.807, 2.05) is 35.9 Å². The Morgan fingerprint density at radius 3 is 2.82 bits per heavy atom. The predicted octanol–water partition coefficient (Wildman–Crippen LogP) is 4.68. The molecule has 1 saturated carbocycles. The van der Waals surface area contributed by atoms with Gasteiger partial charge in [0.05, 0.1) is 24.9 Å². The summed E-state index contributed by atoms with van der Waals surface area (Å²) in [7, 11) is 0. The Bertz CT molecular complexity index is 1270. The van der Waals surface area contributed by atoms with Crippen LogP contribution in [0.5, 0.6) is 0 Å². The number of nitrogens with one attached hydrogen (secondary N) is 1. The molecule has 172 valence electrons. The Morgan fingerprint density at radius 2 is 2.06 bits per heavy atom. The van der Waals surface area contributed by atoms with Crippen LogP contribution in [-0.4, -0.2) is 30.1 Å². The third-order valence-corrected chi connectivity index (χ3v) is 6.71. The van der Waals surface area contributed by atoms with Crippen LogP contribution in [0.4, 0.5) is 0 Å². The number of aromatic amines is 1. The van der Waals surface area contributed by atoms with Crippen molar-refractivity contribution in [3.05, 3.63) is 75.7 Å². The Kier molecular flexibility index (Phi) is 6.09. The summed E-state index contributed by atoms with van der Waals surface area (Å²) in [6.45, 7) is 5.20. The smallest absolute Gasteiger partial charge is 0.252 e. The summed E-state index contributed by atoms with van der Waals surface area (Å²) in [6, 6.07) is 12.3. The standard InChI is InChI=1S/C25H30N6O2/c1-3-23(24-27-28-29-31(24)20-7-4-5-8-20)30(16-21-9-6-12-33-21)15-19-14-18-11-10-17(2)13-22(18)26-25(19)32/h6,9-14,20,23H,3-5,7-8,15-16H2,1-2H3,(H,26,32)/t23-/m1/s1. The largest absolute Gasteiger partial charge is 0.468 e. The van der Waals surface area contributed by atoms with Gasteiger partial charge in [0.15, 0.2) is 5.82 Å². The van der Waals surface area contributed by atoms with E-state index in [1.54, 1.807) is 6.26 Å². The molecule has 0 saturated heterocycles. The number of aromatic nitrogens is 5. The van der Waals surface area contributed by atoms with E-state index in [2.05, 4.69) is 44.5 Å². The first-order chi connectivity index (χ1) is 16.1. The number of hydrogen-bond donors (Lipinski definition) is 1. The number of tetrazole rings is 1. The number of H-pyrrole nitrogens is 1. The topological polar surface area (TPSA) is 92.8 Å². The molecule has 1 aliphatic rings. The molecule has 5 rings (SSSR count). The molecule has 1 fully saturated rings. The molecular formula is C25H30N6O2. The van der Waals surface area contributed by atoms with Gasteiger partial charge < -0.3 is 9.40 Å². The molecule has 3 aromatic heterocycles. The van der Waals surface area contributed by atoms with Gasteiger partial charge in [-0.05, 0) is 71.8 Å². The lowest BCUT2D eigenvalue weighted by Gasteiger charge is -2.30. The van der Waals surface area contributed by atoms with Gasteiger partial charge in [-0.2, -0.15) is 0 Å². The molecule has 8 nitrogen and oxygen atoms in total. The molecule has 0 spiro atoms. The number of nitrogens with zero attached hydrogens (tertiary/aromatic N) is 5. The van der Waals surface area contributed by atoms with Gasteiger partial charge in [0, 0.05) is 17.6 Å². The van der Waals surface area contributed by atoms with Crippen molar-refractivity contribution in [2.24, 2.45) is 0 Å². The molecule has 0 unspecified atom stereocenters. The quantitative estimate of drug-likeness (QED) is 0.422. The van der Waals surface area contributed by atoms with Crippen LogP contribution < -0.4 is 5.56 Å². The van der Waals surface area contributed by atoms with Gasteiger partial charge in [0.2, 0.25) is 0 Å². The van der Waals surface area contributed by atoms with Crippen molar-refractivity contribution < 1.29 is 4.42 Å². The molecule has 0 radical (unpaired) electrons. The van der Waals surface area contributed by atoms with Crippen LogP contribution in [0.2, 0.25) is 0 Å². The first kappa shape index (κ1) is 21.6. The molecule has 1 atom stereocenters. The summed E-state index contributed by atoms with van der Waals surface area (Å²) >= 11 is 0. The van der Waals surface area contributed by atoms with Crippen LogP contribution in [0.3, 0.4) is 0 Å². The molecule has 0 amide bonds. The maximum Gasteiger partial charge on any atom is 0.252 e. The zero-order chi connectivity index (χ0) is 22.8. The fourth-order valence-electron chi connectivity index (χ4n) is 5.01. The van der Waals surface area contributed by atoms with Crippen molar-refractivity contribution in [3.63, 3.8) is 0 Å². The lowest BCUT2D eigenvalue weighted by atomic mass is 10.1. The van der Waals surface area contributed by atoms with Crippen molar-refractivity contribution in [3.8, 4) is 0 Å². The summed E-state index contributed by atoms with van der Waals surface area (Å²) in [5.41, 5.74) is 2.63. The number of fused-ring (bicyclic) bond motifs is 1. The van der Waals surface area contributed by atoms with Crippen molar-refractivity contribution in [2.45, 2.75) is 71.1 Å². The van der Waals surface area contributed by atoms with E-state index >= 15 is 0 Å². The Hall–Kier alpha value is -3.26. The molecule has 0 bridgehead atoms. The van der Waals surface area contributed by atoms with E-state index < -0.39 is 0 Å². The van der Waals surface area contributed by atoms with E-state index in [-0.39, 0.29) is 11.6 Å². The molecule has 1 N–H and O–H groups in total. The third kappa shape index (κ3) is 4.48. The fourth-order valence-corrected chi connectivity index (χ4v) is 5.01. The Labute approximate surface area is 192 Å². The zero-order valence-electron chi connectivity index (χ0n) is 19.2. The number of pyridine rings is 1. The highest BCUT2D eigenvalue weighted by Gasteiger charge is 2.30. The van der Waals surface area contributed by atoms with Crippen molar-refractivity contribution in [1.82, 2.24) is 30.1 Å². The molecule has 1 aliphatic carbocycles. The molecule has 8 heteroatoms. The van der Waals surface area contributed by atoms with E-state index in [9.17, 15) is 4.79 Å². The van der Waals surface area contributed by atoms with E-state index in [4.69, 9.17) is 4.42 Å². The number of benzene rings is 1. The second-order valence-electron chi connectivity index (χ2n) is 9.04. The van der Waals surface area contributed by atoms with Crippen LogP contribution in [0.15, 0.2) is 51.9 Å². The van der Waals surface area contributed by atoms with Gasteiger partial charge in [0.25, 0.3) is 5.56 Å². The van der Waals surface area contributed by atoms with Gasteiger partial charge in [-0.1, -0.05) is 31.9 Å². The number of aryl methyl sites for hydroxylation is 1. The minimum atomic E-state index is -0.0669. The summed E-state index contributed by atoms with van der Waals surface area (Å²) < 4.78 is 7.69. The third-order valence-electron chi connectivity index (χ3n) is 6.71. The van der Waals surface area contributed by atoms with Crippen LogP contribution in [0, 0.1) is 6.92 Å². The first-order valence-corrected chi connectivity index (χ1v) is 11.8. The second kappa shape index (κ2) is 9.31. The fraction of sp³-hybridized carbons (Fsp3) is 0.440. The summed E-state index contributed by atoms with van der Waals surface area (Å²) in [5.74, 6) is 1.71. The van der Waals surface area contributed by atoms with Crippen molar-refractivity contribution in [2.75, 3.05) is 0 Å².